The van der Waals surface area contributed by atoms with E-state index in [1.807, 2.05) is 18.2 Å². The van der Waals surface area contributed by atoms with Gasteiger partial charge in [0.15, 0.2) is 0 Å². The Morgan fingerprint density at radius 1 is 1.15 bits per heavy atom. The lowest BCUT2D eigenvalue weighted by atomic mass is 10.2. The van der Waals surface area contributed by atoms with Crippen LogP contribution < -0.4 is 20.3 Å². The lowest BCUT2D eigenvalue weighted by molar-refractivity contribution is -0.116. The second-order valence-electron chi connectivity index (χ2n) is 5.64. The molecule has 3 rings (SSSR count). The van der Waals surface area contributed by atoms with Crippen LogP contribution >= 0.6 is 0 Å². The normalized spacial score (nSPS) is 10.5. The van der Waals surface area contributed by atoms with Gasteiger partial charge in [-0.25, -0.2) is 4.98 Å². The standard InChI is InChI=1S/C19H19N3O4/c1-25-12-7-8-15(17(11-12)26-2)21-18(23)10-9-16-19(24)22-14-6-4-3-5-13(14)20-16/h3-8,11H,9-10H2,1-2H3,(H,21,23)(H,22,24). The molecule has 0 aliphatic carbocycles. The fourth-order valence-electron chi connectivity index (χ4n) is 2.58. The van der Waals surface area contributed by atoms with Crippen molar-refractivity contribution in [1.82, 2.24) is 9.97 Å². The number of fused-ring (bicyclic) bond motifs is 1. The minimum Gasteiger partial charge on any atom is -0.497 e. The Morgan fingerprint density at radius 2 is 1.96 bits per heavy atom. The zero-order chi connectivity index (χ0) is 18.5. The fraction of sp³-hybridized carbons (Fsp3) is 0.211. The second-order valence-corrected chi connectivity index (χ2v) is 5.64. The highest BCUT2D eigenvalue weighted by atomic mass is 16.5. The van der Waals surface area contributed by atoms with Gasteiger partial charge in [0, 0.05) is 18.9 Å². The topological polar surface area (TPSA) is 93.3 Å². The summed E-state index contributed by atoms with van der Waals surface area (Å²) in [5, 5.41) is 2.78. The molecule has 2 N–H and O–H groups in total. The summed E-state index contributed by atoms with van der Waals surface area (Å²) < 4.78 is 10.4. The van der Waals surface area contributed by atoms with Crippen LogP contribution in [0.5, 0.6) is 11.5 Å². The molecule has 0 saturated heterocycles. The Labute approximate surface area is 150 Å². The van der Waals surface area contributed by atoms with Crippen LogP contribution in [0.25, 0.3) is 11.0 Å². The van der Waals surface area contributed by atoms with E-state index in [0.29, 0.717) is 33.9 Å². The summed E-state index contributed by atoms with van der Waals surface area (Å²) in [6.07, 6.45) is 0.369. The summed E-state index contributed by atoms with van der Waals surface area (Å²) in [5.41, 5.74) is 1.96. The molecular weight excluding hydrogens is 334 g/mol. The van der Waals surface area contributed by atoms with E-state index in [0.717, 1.165) is 0 Å². The van der Waals surface area contributed by atoms with Gasteiger partial charge in [0.2, 0.25) is 5.91 Å². The molecule has 0 fully saturated rings. The molecule has 0 radical (unpaired) electrons. The van der Waals surface area contributed by atoms with Crippen LogP contribution in [0.2, 0.25) is 0 Å². The minimum atomic E-state index is -0.279. The smallest absolute Gasteiger partial charge is 0.270 e. The van der Waals surface area contributed by atoms with E-state index in [4.69, 9.17) is 9.47 Å². The zero-order valence-electron chi connectivity index (χ0n) is 14.5. The second kappa shape index (κ2) is 7.69. The number of methoxy groups -OCH3 is 2. The first-order valence-electron chi connectivity index (χ1n) is 8.10. The Morgan fingerprint density at radius 3 is 2.73 bits per heavy atom. The quantitative estimate of drug-likeness (QED) is 0.710. The Hall–Kier alpha value is -3.35. The molecule has 7 nitrogen and oxygen atoms in total. The van der Waals surface area contributed by atoms with Gasteiger partial charge in [-0.1, -0.05) is 12.1 Å². The number of H-pyrrole nitrogens is 1. The monoisotopic (exact) mass is 353 g/mol. The maximum absolute atomic E-state index is 12.2. The molecule has 0 atom stereocenters. The van der Waals surface area contributed by atoms with Gasteiger partial charge in [-0.05, 0) is 24.3 Å². The van der Waals surface area contributed by atoms with E-state index in [-0.39, 0.29) is 24.3 Å². The van der Waals surface area contributed by atoms with Crippen LogP contribution in [0.3, 0.4) is 0 Å². The molecule has 1 aromatic heterocycles. The van der Waals surface area contributed by atoms with E-state index in [2.05, 4.69) is 15.3 Å². The summed E-state index contributed by atoms with van der Waals surface area (Å²) in [4.78, 5) is 31.5. The summed E-state index contributed by atoms with van der Waals surface area (Å²) >= 11 is 0. The lowest BCUT2D eigenvalue weighted by Gasteiger charge is -2.11. The molecular formula is C19H19N3O4. The van der Waals surface area contributed by atoms with Gasteiger partial charge >= 0.3 is 0 Å². The number of carbonyl (C=O) groups is 1. The number of anilines is 1. The number of hydrogen-bond acceptors (Lipinski definition) is 5. The first-order valence-corrected chi connectivity index (χ1v) is 8.10. The van der Waals surface area contributed by atoms with Gasteiger partial charge in [0.25, 0.3) is 5.56 Å². The Bertz CT molecular complexity index is 997. The van der Waals surface area contributed by atoms with Gasteiger partial charge in [-0.15, -0.1) is 0 Å². The number of aryl methyl sites for hydroxylation is 1. The molecule has 0 unspecified atom stereocenters. The van der Waals surface area contributed by atoms with Gasteiger partial charge in [0.1, 0.15) is 17.2 Å². The number of nitrogens with zero attached hydrogens (tertiary/aromatic N) is 1. The van der Waals surface area contributed by atoms with Crippen molar-refractivity contribution in [3.63, 3.8) is 0 Å². The number of nitrogens with one attached hydrogen (secondary N) is 2. The van der Waals surface area contributed by atoms with Crippen molar-refractivity contribution in [2.75, 3.05) is 19.5 Å². The number of aromatic amines is 1. The molecule has 26 heavy (non-hydrogen) atoms. The van der Waals surface area contributed by atoms with E-state index in [1.54, 1.807) is 31.4 Å². The third-order valence-corrected chi connectivity index (χ3v) is 3.94. The van der Waals surface area contributed by atoms with Crippen molar-refractivity contribution in [2.45, 2.75) is 12.8 Å². The van der Waals surface area contributed by atoms with Crippen LogP contribution in [0.15, 0.2) is 47.3 Å². The average Bonchev–Trinajstić information content (AvgIpc) is 2.66. The highest BCUT2D eigenvalue weighted by molar-refractivity contribution is 5.92. The number of ether oxygens (including phenoxy) is 2. The molecule has 1 amide bonds. The van der Waals surface area contributed by atoms with Crippen molar-refractivity contribution >= 4 is 22.6 Å². The van der Waals surface area contributed by atoms with Crippen LogP contribution in [0.4, 0.5) is 5.69 Å². The number of para-hydroxylation sites is 2. The van der Waals surface area contributed by atoms with Crippen LogP contribution in [0, 0.1) is 0 Å². The molecule has 0 spiro atoms. The maximum Gasteiger partial charge on any atom is 0.270 e. The fourth-order valence-corrected chi connectivity index (χ4v) is 2.58. The molecule has 1 heterocycles. The summed E-state index contributed by atoms with van der Waals surface area (Å²) in [6.45, 7) is 0. The Kier molecular flexibility index (Phi) is 5.17. The molecule has 0 saturated carbocycles. The van der Waals surface area contributed by atoms with Crippen molar-refractivity contribution in [1.29, 1.82) is 0 Å². The van der Waals surface area contributed by atoms with Crippen molar-refractivity contribution in [3.05, 3.63) is 58.5 Å². The number of hydrogen-bond donors (Lipinski definition) is 2. The van der Waals surface area contributed by atoms with Gasteiger partial charge in [0.05, 0.1) is 30.9 Å². The molecule has 134 valence electrons. The third-order valence-electron chi connectivity index (χ3n) is 3.94. The summed E-state index contributed by atoms with van der Waals surface area (Å²) in [7, 11) is 3.07. The predicted molar refractivity (Wildman–Crippen MR) is 98.9 cm³/mol. The molecule has 0 aliphatic heterocycles. The Balaban J connectivity index is 1.70. The van der Waals surface area contributed by atoms with Crippen LogP contribution in [0.1, 0.15) is 12.1 Å². The number of rotatable bonds is 6. The number of amides is 1. The molecule has 0 bridgehead atoms. The summed E-state index contributed by atoms with van der Waals surface area (Å²) in [5.74, 6) is 0.897. The van der Waals surface area contributed by atoms with Crippen molar-refractivity contribution in [3.8, 4) is 11.5 Å². The zero-order valence-corrected chi connectivity index (χ0v) is 14.5. The predicted octanol–water partition coefficient (Wildman–Crippen LogP) is 2.51. The highest BCUT2D eigenvalue weighted by Crippen LogP contribution is 2.29. The molecule has 3 aromatic rings. The van der Waals surface area contributed by atoms with Crippen molar-refractivity contribution in [2.24, 2.45) is 0 Å². The first kappa shape index (κ1) is 17.5. The number of carbonyl (C=O) groups excluding carboxylic acids is 1. The number of aromatic nitrogens is 2. The third kappa shape index (κ3) is 3.83. The van der Waals surface area contributed by atoms with Gasteiger partial charge in [-0.3, -0.25) is 9.59 Å². The van der Waals surface area contributed by atoms with Gasteiger partial charge in [-0.2, -0.15) is 0 Å². The minimum absolute atomic E-state index is 0.129. The van der Waals surface area contributed by atoms with Crippen LogP contribution in [-0.2, 0) is 11.2 Å². The lowest BCUT2D eigenvalue weighted by Crippen LogP contribution is -2.19. The number of benzene rings is 2. The summed E-state index contributed by atoms with van der Waals surface area (Å²) in [6, 6.07) is 12.4. The van der Waals surface area contributed by atoms with E-state index in [9.17, 15) is 9.59 Å². The van der Waals surface area contributed by atoms with E-state index < -0.39 is 0 Å². The molecule has 2 aromatic carbocycles. The highest BCUT2D eigenvalue weighted by Gasteiger charge is 2.11. The molecule has 0 aliphatic rings. The average molecular weight is 353 g/mol. The maximum atomic E-state index is 12.2. The van der Waals surface area contributed by atoms with Gasteiger partial charge < -0.3 is 19.8 Å². The molecule has 7 heteroatoms. The van der Waals surface area contributed by atoms with Crippen LogP contribution in [-0.4, -0.2) is 30.1 Å². The van der Waals surface area contributed by atoms with E-state index in [1.165, 1.54) is 7.11 Å². The van der Waals surface area contributed by atoms with E-state index >= 15 is 0 Å². The van der Waals surface area contributed by atoms with Crippen molar-refractivity contribution < 1.29 is 14.3 Å². The largest absolute Gasteiger partial charge is 0.497 e. The SMILES string of the molecule is COc1ccc(NC(=O)CCc2nc3ccccc3[nH]c2=O)c(OC)c1. The first-order chi connectivity index (χ1) is 12.6.